The molecule has 0 fully saturated rings. The molecule has 0 amide bonds. The lowest BCUT2D eigenvalue weighted by atomic mass is 10.2. The highest BCUT2D eigenvalue weighted by molar-refractivity contribution is 7.99. The number of hydrogen-bond acceptors (Lipinski definition) is 5. The summed E-state index contributed by atoms with van der Waals surface area (Å²) in [6.07, 6.45) is 0.235. The first-order valence-corrected chi connectivity index (χ1v) is 9.36. The van der Waals surface area contributed by atoms with E-state index in [1.165, 1.54) is 18.9 Å². The summed E-state index contributed by atoms with van der Waals surface area (Å²) in [6.45, 7) is 1.86. The summed E-state index contributed by atoms with van der Waals surface area (Å²) in [5.41, 5.74) is 1.93. The number of rotatable bonds is 5. The molecule has 0 aliphatic rings. The molecule has 26 heavy (non-hydrogen) atoms. The van der Waals surface area contributed by atoms with Crippen molar-refractivity contribution in [1.82, 2.24) is 9.55 Å². The minimum Gasteiger partial charge on any atom is -0.469 e. The second kappa shape index (κ2) is 7.93. The lowest BCUT2D eigenvalue weighted by Gasteiger charge is -2.15. The number of thioether (sulfide) groups is 1. The van der Waals surface area contributed by atoms with Crippen LogP contribution in [0.3, 0.4) is 0 Å². The highest BCUT2D eigenvalue weighted by atomic mass is 35.5. The van der Waals surface area contributed by atoms with Gasteiger partial charge in [0.1, 0.15) is 0 Å². The molecule has 3 aromatic rings. The minimum atomic E-state index is -0.300. The van der Waals surface area contributed by atoms with Crippen LogP contribution in [-0.4, -0.2) is 28.4 Å². The van der Waals surface area contributed by atoms with E-state index in [1.54, 1.807) is 28.8 Å². The maximum atomic E-state index is 13.1. The van der Waals surface area contributed by atoms with E-state index in [1.807, 2.05) is 25.1 Å². The molecule has 3 rings (SSSR count). The standard InChI is InChI=1S/C19H17ClN2O3S/c1-12-14(20)7-5-9-16(12)22-18(24)13-6-3-4-8-15(13)21-19(22)26-11-10-17(23)25-2/h3-9H,10-11H2,1-2H3. The molecular formula is C19H17ClN2O3S. The average molecular weight is 389 g/mol. The topological polar surface area (TPSA) is 61.2 Å². The third-order valence-corrected chi connectivity index (χ3v) is 5.34. The summed E-state index contributed by atoms with van der Waals surface area (Å²) in [5.74, 6) is 0.156. The molecule has 0 aliphatic heterocycles. The Hall–Kier alpha value is -2.31. The quantitative estimate of drug-likeness (QED) is 0.375. The zero-order chi connectivity index (χ0) is 18.7. The van der Waals surface area contributed by atoms with Gasteiger partial charge in [-0.25, -0.2) is 4.98 Å². The Balaban J connectivity index is 2.16. The average Bonchev–Trinajstić information content (AvgIpc) is 2.65. The van der Waals surface area contributed by atoms with Crippen molar-refractivity contribution in [2.45, 2.75) is 18.5 Å². The van der Waals surface area contributed by atoms with E-state index >= 15 is 0 Å². The maximum Gasteiger partial charge on any atom is 0.306 e. The van der Waals surface area contributed by atoms with Gasteiger partial charge >= 0.3 is 5.97 Å². The Morgan fingerprint density at radius 1 is 1.23 bits per heavy atom. The van der Waals surface area contributed by atoms with Crippen molar-refractivity contribution in [2.75, 3.05) is 12.9 Å². The van der Waals surface area contributed by atoms with Gasteiger partial charge in [-0.15, -0.1) is 0 Å². The van der Waals surface area contributed by atoms with Crippen LogP contribution in [0.2, 0.25) is 5.02 Å². The number of hydrogen-bond donors (Lipinski definition) is 0. The lowest BCUT2D eigenvalue weighted by Crippen LogP contribution is -2.22. The monoisotopic (exact) mass is 388 g/mol. The van der Waals surface area contributed by atoms with Gasteiger partial charge in [0.05, 0.1) is 30.1 Å². The van der Waals surface area contributed by atoms with E-state index in [-0.39, 0.29) is 17.9 Å². The summed E-state index contributed by atoms with van der Waals surface area (Å²) < 4.78 is 6.23. The zero-order valence-electron chi connectivity index (χ0n) is 14.4. The van der Waals surface area contributed by atoms with Gasteiger partial charge in [-0.05, 0) is 36.8 Å². The van der Waals surface area contributed by atoms with Crippen molar-refractivity contribution in [3.8, 4) is 5.69 Å². The molecule has 5 nitrogen and oxygen atoms in total. The number of benzene rings is 2. The predicted octanol–water partition coefficient (Wildman–Crippen LogP) is 4.00. The van der Waals surface area contributed by atoms with Crippen LogP contribution in [0.25, 0.3) is 16.6 Å². The first-order chi connectivity index (χ1) is 12.5. The molecule has 0 radical (unpaired) electrons. The number of para-hydroxylation sites is 1. The number of fused-ring (bicyclic) bond motifs is 1. The normalized spacial score (nSPS) is 10.9. The van der Waals surface area contributed by atoms with Gasteiger partial charge in [0, 0.05) is 10.8 Å². The Morgan fingerprint density at radius 2 is 2.00 bits per heavy atom. The number of nitrogens with zero attached hydrogens (tertiary/aromatic N) is 2. The fourth-order valence-electron chi connectivity index (χ4n) is 2.59. The molecule has 134 valence electrons. The number of aromatic nitrogens is 2. The minimum absolute atomic E-state index is 0.165. The first kappa shape index (κ1) is 18.5. The highest BCUT2D eigenvalue weighted by Crippen LogP contribution is 2.26. The summed E-state index contributed by atoms with van der Waals surface area (Å²) >= 11 is 7.58. The van der Waals surface area contributed by atoms with Crippen LogP contribution in [0.1, 0.15) is 12.0 Å². The van der Waals surface area contributed by atoms with Crippen molar-refractivity contribution < 1.29 is 9.53 Å². The molecule has 0 spiro atoms. The molecule has 0 aliphatic carbocycles. The van der Waals surface area contributed by atoms with Crippen molar-refractivity contribution in [2.24, 2.45) is 0 Å². The Morgan fingerprint density at radius 3 is 2.77 bits per heavy atom. The molecule has 0 bridgehead atoms. The van der Waals surface area contributed by atoms with Gasteiger partial charge in [-0.3, -0.25) is 14.2 Å². The maximum absolute atomic E-state index is 13.1. The number of ether oxygens (including phenoxy) is 1. The second-order valence-corrected chi connectivity index (χ2v) is 7.08. The third-order valence-electron chi connectivity index (χ3n) is 3.99. The molecule has 1 heterocycles. The zero-order valence-corrected chi connectivity index (χ0v) is 15.9. The number of carbonyl (C=O) groups excluding carboxylic acids is 1. The van der Waals surface area contributed by atoms with Crippen molar-refractivity contribution >= 4 is 40.2 Å². The van der Waals surface area contributed by atoms with E-state index in [4.69, 9.17) is 11.6 Å². The number of esters is 1. The molecular weight excluding hydrogens is 372 g/mol. The molecule has 2 aromatic carbocycles. The van der Waals surface area contributed by atoms with Crippen molar-refractivity contribution in [3.63, 3.8) is 0 Å². The van der Waals surface area contributed by atoms with E-state index < -0.39 is 0 Å². The van der Waals surface area contributed by atoms with Gasteiger partial charge in [0.2, 0.25) is 0 Å². The van der Waals surface area contributed by atoms with Crippen LogP contribution in [-0.2, 0) is 9.53 Å². The fraction of sp³-hybridized carbons (Fsp3) is 0.211. The van der Waals surface area contributed by atoms with E-state index in [2.05, 4.69) is 9.72 Å². The number of carbonyl (C=O) groups is 1. The lowest BCUT2D eigenvalue weighted by molar-refractivity contribution is -0.140. The largest absolute Gasteiger partial charge is 0.469 e. The van der Waals surface area contributed by atoms with Crippen LogP contribution in [0, 0.1) is 6.92 Å². The van der Waals surface area contributed by atoms with E-state index in [0.29, 0.717) is 32.5 Å². The third kappa shape index (κ3) is 3.61. The van der Waals surface area contributed by atoms with Gasteiger partial charge in [-0.2, -0.15) is 0 Å². The summed E-state index contributed by atoms with van der Waals surface area (Å²) in [7, 11) is 1.35. The summed E-state index contributed by atoms with van der Waals surface area (Å²) in [6, 6.07) is 12.6. The number of methoxy groups -OCH3 is 1. The van der Waals surface area contributed by atoms with Gasteiger partial charge in [-0.1, -0.05) is 41.6 Å². The van der Waals surface area contributed by atoms with Crippen LogP contribution in [0.4, 0.5) is 0 Å². The Labute approximate surface area is 160 Å². The van der Waals surface area contributed by atoms with Crippen LogP contribution >= 0.6 is 23.4 Å². The molecule has 0 saturated carbocycles. The van der Waals surface area contributed by atoms with Crippen molar-refractivity contribution in [1.29, 1.82) is 0 Å². The molecule has 7 heteroatoms. The van der Waals surface area contributed by atoms with Gasteiger partial charge < -0.3 is 4.74 Å². The Bertz CT molecular complexity index is 1030. The first-order valence-electron chi connectivity index (χ1n) is 8.00. The van der Waals surface area contributed by atoms with Crippen LogP contribution < -0.4 is 5.56 Å². The summed E-state index contributed by atoms with van der Waals surface area (Å²) in [5, 5.41) is 1.63. The molecule has 0 N–H and O–H groups in total. The molecule has 0 unspecified atom stereocenters. The smallest absolute Gasteiger partial charge is 0.306 e. The second-order valence-electron chi connectivity index (χ2n) is 5.61. The van der Waals surface area contributed by atoms with Crippen molar-refractivity contribution in [3.05, 3.63) is 63.4 Å². The van der Waals surface area contributed by atoms with Gasteiger partial charge in [0.25, 0.3) is 5.56 Å². The fourth-order valence-corrected chi connectivity index (χ4v) is 3.68. The SMILES string of the molecule is COC(=O)CCSc1nc2ccccc2c(=O)n1-c1cccc(Cl)c1C. The molecule has 1 aromatic heterocycles. The van der Waals surface area contributed by atoms with E-state index in [0.717, 1.165) is 5.56 Å². The Kier molecular flexibility index (Phi) is 5.64. The van der Waals surface area contributed by atoms with E-state index in [9.17, 15) is 9.59 Å². The predicted molar refractivity (Wildman–Crippen MR) is 104 cm³/mol. The van der Waals surface area contributed by atoms with Crippen LogP contribution in [0.5, 0.6) is 0 Å². The highest BCUT2D eigenvalue weighted by Gasteiger charge is 2.16. The molecule has 0 atom stereocenters. The van der Waals surface area contributed by atoms with Crippen LogP contribution in [0.15, 0.2) is 52.4 Å². The molecule has 0 saturated heterocycles. The number of halogens is 1. The summed E-state index contributed by atoms with van der Waals surface area (Å²) in [4.78, 5) is 29.2. The van der Waals surface area contributed by atoms with Gasteiger partial charge in [0.15, 0.2) is 5.16 Å².